The zero-order valence-electron chi connectivity index (χ0n) is 11.1. The van der Waals surface area contributed by atoms with Crippen molar-refractivity contribution in [1.82, 2.24) is 20.1 Å². The second-order valence-electron chi connectivity index (χ2n) is 4.86. The topological polar surface area (TPSA) is 45.6 Å². The van der Waals surface area contributed by atoms with Gasteiger partial charge in [-0.05, 0) is 41.6 Å². The molecule has 0 aliphatic carbocycles. The van der Waals surface area contributed by atoms with E-state index < -0.39 is 0 Å². The first-order valence-electron chi connectivity index (χ1n) is 6.57. The minimum atomic E-state index is 0.890. The third kappa shape index (κ3) is 2.85. The molecule has 4 heteroatoms. The third-order valence-electron chi connectivity index (χ3n) is 3.23. The average molecular weight is 254 g/mol. The van der Waals surface area contributed by atoms with E-state index in [0.717, 1.165) is 19.6 Å². The Labute approximate surface area is 112 Å². The van der Waals surface area contributed by atoms with Crippen LogP contribution in [0.3, 0.4) is 0 Å². The molecule has 0 bridgehead atoms. The molecule has 0 saturated carbocycles. The number of nitrogens with zero attached hydrogens (tertiary/aromatic N) is 2. The van der Waals surface area contributed by atoms with Crippen molar-refractivity contribution in [2.45, 2.75) is 20.0 Å². The van der Waals surface area contributed by atoms with Crippen LogP contribution in [-0.2, 0) is 13.1 Å². The molecule has 0 radical (unpaired) electrons. The summed E-state index contributed by atoms with van der Waals surface area (Å²) < 4.78 is 1.97. The quantitative estimate of drug-likeness (QED) is 0.687. The van der Waals surface area contributed by atoms with E-state index >= 15 is 0 Å². The number of benzene rings is 1. The molecule has 2 aromatic heterocycles. The lowest BCUT2D eigenvalue weighted by Gasteiger charge is -2.05. The van der Waals surface area contributed by atoms with Crippen molar-refractivity contribution >= 4 is 10.9 Å². The van der Waals surface area contributed by atoms with Gasteiger partial charge in [-0.3, -0.25) is 4.68 Å². The molecule has 0 amide bonds. The van der Waals surface area contributed by atoms with Crippen LogP contribution >= 0.6 is 0 Å². The van der Waals surface area contributed by atoms with Gasteiger partial charge in [0.1, 0.15) is 0 Å². The van der Waals surface area contributed by atoms with Crippen LogP contribution in [0, 0.1) is 6.92 Å². The number of hydrogen-bond acceptors (Lipinski definition) is 2. The molecular weight excluding hydrogens is 236 g/mol. The van der Waals surface area contributed by atoms with Crippen molar-refractivity contribution in [2.24, 2.45) is 0 Å². The monoisotopic (exact) mass is 254 g/mol. The highest BCUT2D eigenvalue weighted by atomic mass is 15.3. The van der Waals surface area contributed by atoms with Crippen LogP contribution in [0.1, 0.15) is 11.1 Å². The van der Waals surface area contributed by atoms with E-state index in [1.54, 1.807) is 0 Å². The van der Waals surface area contributed by atoms with Crippen LogP contribution < -0.4 is 5.32 Å². The maximum absolute atomic E-state index is 4.27. The van der Waals surface area contributed by atoms with Crippen LogP contribution in [0.25, 0.3) is 10.9 Å². The lowest BCUT2D eigenvalue weighted by Crippen LogP contribution is -2.19. The van der Waals surface area contributed by atoms with Crippen molar-refractivity contribution in [1.29, 1.82) is 0 Å². The Balaban J connectivity index is 1.51. The van der Waals surface area contributed by atoms with Gasteiger partial charge in [0.05, 0.1) is 12.7 Å². The van der Waals surface area contributed by atoms with Crippen LogP contribution in [0.4, 0.5) is 0 Å². The van der Waals surface area contributed by atoms with Gasteiger partial charge in [0.15, 0.2) is 0 Å². The standard InChI is InChI=1S/C15H18N4/c1-12-9-18-19(11-12)7-6-16-10-13-2-3-15-14(8-13)4-5-17-15/h2-5,8-9,11,16-17H,6-7,10H2,1H3. The van der Waals surface area contributed by atoms with E-state index in [4.69, 9.17) is 0 Å². The van der Waals surface area contributed by atoms with Crippen LogP contribution in [-0.4, -0.2) is 21.3 Å². The summed E-state index contributed by atoms with van der Waals surface area (Å²) in [5.74, 6) is 0. The van der Waals surface area contributed by atoms with Gasteiger partial charge in [0.2, 0.25) is 0 Å². The fourth-order valence-electron chi connectivity index (χ4n) is 2.23. The Morgan fingerprint density at radius 1 is 1.32 bits per heavy atom. The molecular formula is C15H18N4. The van der Waals surface area contributed by atoms with Gasteiger partial charge in [-0.2, -0.15) is 5.10 Å². The van der Waals surface area contributed by atoms with Crippen molar-refractivity contribution in [3.63, 3.8) is 0 Å². The van der Waals surface area contributed by atoms with Gasteiger partial charge in [-0.15, -0.1) is 0 Å². The number of nitrogens with one attached hydrogen (secondary N) is 2. The van der Waals surface area contributed by atoms with Crippen LogP contribution in [0.5, 0.6) is 0 Å². The van der Waals surface area contributed by atoms with Gasteiger partial charge in [0.25, 0.3) is 0 Å². The average Bonchev–Trinajstić information content (AvgIpc) is 3.03. The van der Waals surface area contributed by atoms with Gasteiger partial charge in [-0.1, -0.05) is 6.07 Å². The largest absolute Gasteiger partial charge is 0.361 e. The third-order valence-corrected chi connectivity index (χ3v) is 3.23. The number of hydrogen-bond donors (Lipinski definition) is 2. The van der Waals surface area contributed by atoms with Crippen molar-refractivity contribution in [3.8, 4) is 0 Å². The Morgan fingerprint density at radius 3 is 3.11 bits per heavy atom. The number of aromatic nitrogens is 3. The van der Waals surface area contributed by atoms with Crippen molar-refractivity contribution in [3.05, 3.63) is 54.0 Å². The smallest absolute Gasteiger partial charge is 0.0534 e. The maximum Gasteiger partial charge on any atom is 0.0534 e. The van der Waals surface area contributed by atoms with E-state index in [1.807, 2.05) is 17.1 Å². The number of rotatable bonds is 5. The number of fused-ring (bicyclic) bond motifs is 1. The lowest BCUT2D eigenvalue weighted by molar-refractivity contribution is 0.555. The summed E-state index contributed by atoms with van der Waals surface area (Å²) >= 11 is 0. The molecule has 0 saturated heterocycles. The summed E-state index contributed by atoms with van der Waals surface area (Å²) in [7, 11) is 0. The molecule has 19 heavy (non-hydrogen) atoms. The molecule has 0 atom stereocenters. The molecule has 0 aliphatic rings. The Morgan fingerprint density at radius 2 is 2.26 bits per heavy atom. The van der Waals surface area contributed by atoms with E-state index in [2.05, 4.69) is 52.8 Å². The first-order valence-corrected chi connectivity index (χ1v) is 6.57. The highest BCUT2D eigenvalue weighted by molar-refractivity contribution is 5.79. The molecule has 0 aliphatic heterocycles. The first kappa shape index (κ1) is 12.0. The number of aromatic amines is 1. The second-order valence-corrected chi connectivity index (χ2v) is 4.86. The molecule has 0 spiro atoms. The van der Waals surface area contributed by atoms with Crippen molar-refractivity contribution < 1.29 is 0 Å². The summed E-state index contributed by atoms with van der Waals surface area (Å²) in [6, 6.07) is 8.61. The molecule has 4 nitrogen and oxygen atoms in total. The van der Waals surface area contributed by atoms with Gasteiger partial charge in [0, 0.05) is 31.0 Å². The van der Waals surface area contributed by atoms with Crippen LogP contribution in [0.2, 0.25) is 0 Å². The predicted octanol–water partition coefficient (Wildman–Crippen LogP) is 2.46. The number of aryl methyl sites for hydroxylation is 1. The Bertz CT molecular complexity index is 665. The van der Waals surface area contributed by atoms with Gasteiger partial charge < -0.3 is 10.3 Å². The highest BCUT2D eigenvalue weighted by Gasteiger charge is 1.98. The molecule has 2 N–H and O–H groups in total. The predicted molar refractivity (Wildman–Crippen MR) is 77.0 cm³/mol. The molecule has 0 unspecified atom stereocenters. The minimum absolute atomic E-state index is 0.890. The maximum atomic E-state index is 4.27. The summed E-state index contributed by atoms with van der Waals surface area (Å²) in [4.78, 5) is 3.21. The van der Waals surface area contributed by atoms with E-state index in [1.165, 1.54) is 22.0 Å². The molecule has 98 valence electrons. The van der Waals surface area contributed by atoms with Gasteiger partial charge >= 0.3 is 0 Å². The molecule has 3 rings (SSSR count). The van der Waals surface area contributed by atoms with Crippen LogP contribution in [0.15, 0.2) is 42.9 Å². The van der Waals surface area contributed by atoms with Gasteiger partial charge in [-0.25, -0.2) is 0 Å². The van der Waals surface area contributed by atoms with E-state index in [-0.39, 0.29) is 0 Å². The molecule has 2 heterocycles. The van der Waals surface area contributed by atoms with Crippen molar-refractivity contribution in [2.75, 3.05) is 6.54 Å². The molecule has 0 fully saturated rings. The summed E-state index contributed by atoms with van der Waals surface area (Å²) in [5, 5.41) is 8.98. The normalized spacial score (nSPS) is 11.2. The first-order chi connectivity index (χ1) is 9.31. The SMILES string of the molecule is Cc1cnn(CCNCc2ccc3[nH]ccc3c2)c1. The summed E-state index contributed by atoms with van der Waals surface area (Å²) in [6.07, 6.45) is 5.93. The Hall–Kier alpha value is -2.07. The second kappa shape index (κ2) is 5.28. The molecule has 1 aromatic carbocycles. The summed E-state index contributed by atoms with van der Waals surface area (Å²) in [6.45, 7) is 4.77. The fraction of sp³-hybridized carbons (Fsp3) is 0.267. The lowest BCUT2D eigenvalue weighted by atomic mass is 10.1. The van der Waals surface area contributed by atoms with E-state index in [0.29, 0.717) is 0 Å². The minimum Gasteiger partial charge on any atom is -0.361 e. The zero-order valence-corrected chi connectivity index (χ0v) is 11.1. The Kier molecular flexibility index (Phi) is 3.33. The number of H-pyrrole nitrogens is 1. The molecule has 3 aromatic rings. The fourth-order valence-corrected chi connectivity index (χ4v) is 2.23. The summed E-state index contributed by atoms with van der Waals surface area (Å²) in [5.41, 5.74) is 3.71. The zero-order chi connectivity index (χ0) is 13.1. The van der Waals surface area contributed by atoms with E-state index in [9.17, 15) is 0 Å². The highest BCUT2D eigenvalue weighted by Crippen LogP contribution is 2.13.